The molecule has 1 aromatic carbocycles. The van der Waals surface area contributed by atoms with Crippen molar-refractivity contribution < 1.29 is 5.11 Å². The highest BCUT2D eigenvalue weighted by Gasteiger charge is 2.17. The van der Waals surface area contributed by atoms with Gasteiger partial charge >= 0.3 is 0 Å². The zero-order valence-corrected chi connectivity index (χ0v) is 13.2. The van der Waals surface area contributed by atoms with Crippen molar-refractivity contribution in [1.29, 1.82) is 0 Å². The number of halogens is 1. The zero-order chi connectivity index (χ0) is 13.7. The summed E-state index contributed by atoms with van der Waals surface area (Å²) in [6.45, 7) is 5.94. The Morgan fingerprint density at radius 3 is 2.22 bits per heavy atom. The molecule has 0 aliphatic carbocycles. The van der Waals surface area contributed by atoms with Crippen LogP contribution < -0.4 is 10.6 Å². The number of hydrogen-bond donors (Lipinski definition) is 3. The number of thiocarbonyl (C=S) groups is 1. The van der Waals surface area contributed by atoms with Crippen molar-refractivity contribution in [3.63, 3.8) is 0 Å². The van der Waals surface area contributed by atoms with E-state index in [1.165, 1.54) is 0 Å². The van der Waals surface area contributed by atoms with Crippen LogP contribution in [0.3, 0.4) is 0 Å². The van der Waals surface area contributed by atoms with E-state index in [4.69, 9.17) is 12.2 Å². The van der Waals surface area contributed by atoms with Crippen LogP contribution in [0.25, 0.3) is 0 Å². The van der Waals surface area contributed by atoms with Gasteiger partial charge in [0.15, 0.2) is 5.11 Å². The summed E-state index contributed by atoms with van der Waals surface area (Å²) < 4.78 is 0.996. The molecule has 18 heavy (non-hydrogen) atoms. The summed E-state index contributed by atoms with van der Waals surface area (Å²) in [6, 6.07) is 7.75. The highest BCUT2D eigenvalue weighted by atomic mass is 79.9. The second kappa shape index (κ2) is 7.07. The van der Waals surface area contributed by atoms with E-state index in [1.54, 1.807) is 0 Å². The van der Waals surface area contributed by atoms with Gasteiger partial charge in [-0.05, 0) is 50.7 Å². The zero-order valence-electron chi connectivity index (χ0n) is 10.8. The van der Waals surface area contributed by atoms with E-state index in [2.05, 4.69) is 26.6 Å². The predicted molar refractivity (Wildman–Crippen MR) is 82.6 cm³/mol. The Hall–Kier alpha value is -0.650. The average Bonchev–Trinajstić information content (AvgIpc) is 2.27. The summed E-state index contributed by atoms with van der Waals surface area (Å²) in [4.78, 5) is 0. The summed E-state index contributed by atoms with van der Waals surface area (Å²) in [5.74, 6) is 0. The van der Waals surface area contributed by atoms with Crippen molar-refractivity contribution in [3.05, 3.63) is 34.3 Å². The summed E-state index contributed by atoms with van der Waals surface area (Å²) in [5, 5.41) is 16.9. The van der Waals surface area contributed by atoms with Gasteiger partial charge in [-0.25, -0.2) is 0 Å². The van der Waals surface area contributed by atoms with Gasteiger partial charge in [-0.3, -0.25) is 0 Å². The summed E-state index contributed by atoms with van der Waals surface area (Å²) in [7, 11) is 0. The first kappa shape index (κ1) is 15.4. The van der Waals surface area contributed by atoms with Crippen molar-refractivity contribution in [1.82, 2.24) is 10.6 Å². The molecule has 0 heterocycles. The molecule has 0 saturated carbocycles. The molecule has 0 unspecified atom stereocenters. The van der Waals surface area contributed by atoms with Gasteiger partial charge in [0.1, 0.15) is 0 Å². The lowest BCUT2D eigenvalue weighted by Crippen LogP contribution is -2.45. The van der Waals surface area contributed by atoms with Crippen LogP contribution in [-0.2, 0) is 0 Å². The fraction of sp³-hybridized carbons (Fsp3) is 0.462. The average molecular weight is 331 g/mol. The smallest absolute Gasteiger partial charge is 0.166 e. The normalized spacial score (nSPS) is 14.1. The van der Waals surface area contributed by atoms with Crippen LogP contribution in [-0.4, -0.2) is 22.3 Å². The molecule has 1 aromatic rings. The second-order valence-electron chi connectivity index (χ2n) is 4.56. The molecule has 3 N–H and O–H groups in total. The van der Waals surface area contributed by atoms with Gasteiger partial charge in [0.2, 0.25) is 0 Å². The summed E-state index contributed by atoms with van der Waals surface area (Å²) >= 11 is 8.53. The van der Waals surface area contributed by atoms with Gasteiger partial charge in [0.05, 0.1) is 12.1 Å². The van der Waals surface area contributed by atoms with Crippen LogP contribution in [0, 0.1) is 0 Å². The first-order valence-electron chi connectivity index (χ1n) is 5.90. The van der Waals surface area contributed by atoms with Gasteiger partial charge in [0, 0.05) is 10.5 Å². The summed E-state index contributed by atoms with van der Waals surface area (Å²) in [5.41, 5.74) is 0.866. The Kier molecular flexibility index (Phi) is 6.05. The lowest BCUT2D eigenvalue weighted by molar-refractivity contribution is 0.145. The Balaban J connectivity index is 2.58. The van der Waals surface area contributed by atoms with Crippen LogP contribution in [0.4, 0.5) is 0 Å². The number of hydrogen-bond acceptors (Lipinski definition) is 2. The van der Waals surface area contributed by atoms with E-state index in [-0.39, 0.29) is 12.1 Å². The third-order valence-electron chi connectivity index (χ3n) is 2.46. The van der Waals surface area contributed by atoms with Gasteiger partial charge in [0.25, 0.3) is 0 Å². The van der Waals surface area contributed by atoms with E-state index in [0.717, 1.165) is 10.0 Å². The van der Waals surface area contributed by atoms with Crippen LogP contribution in [0.1, 0.15) is 32.4 Å². The topological polar surface area (TPSA) is 44.3 Å². The lowest BCUT2D eigenvalue weighted by atomic mass is 10.0. The monoisotopic (exact) mass is 330 g/mol. The van der Waals surface area contributed by atoms with Gasteiger partial charge in [-0.15, -0.1) is 0 Å². The van der Waals surface area contributed by atoms with E-state index < -0.39 is 6.10 Å². The highest BCUT2D eigenvalue weighted by molar-refractivity contribution is 9.10. The Morgan fingerprint density at radius 1 is 1.17 bits per heavy atom. The van der Waals surface area contributed by atoms with Gasteiger partial charge in [-0.1, -0.05) is 28.1 Å². The number of benzene rings is 1. The van der Waals surface area contributed by atoms with Crippen LogP contribution in [0.15, 0.2) is 28.7 Å². The fourth-order valence-corrected chi connectivity index (χ4v) is 2.22. The quantitative estimate of drug-likeness (QED) is 0.743. The van der Waals surface area contributed by atoms with Crippen molar-refractivity contribution in [3.8, 4) is 0 Å². The minimum absolute atomic E-state index is 0.148. The molecule has 0 spiro atoms. The Morgan fingerprint density at radius 2 is 1.72 bits per heavy atom. The molecule has 0 amide bonds. The lowest BCUT2D eigenvalue weighted by Gasteiger charge is -2.23. The first-order chi connectivity index (χ1) is 8.40. The molecule has 0 radical (unpaired) electrons. The third-order valence-corrected chi connectivity index (χ3v) is 3.23. The second-order valence-corrected chi connectivity index (χ2v) is 5.88. The van der Waals surface area contributed by atoms with Crippen molar-refractivity contribution in [2.24, 2.45) is 0 Å². The molecule has 5 heteroatoms. The largest absolute Gasteiger partial charge is 0.386 e. The van der Waals surface area contributed by atoms with E-state index in [1.807, 2.05) is 45.0 Å². The molecule has 0 saturated heterocycles. The molecular weight excluding hydrogens is 312 g/mol. The Labute approximate surface area is 122 Å². The van der Waals surface area contributed by atoms with Crippen LogP contribution in [0.2, 0.25) is 0 Å². The Bertz CT molecular complexity index is 394. The van der Waals surface area contributed by atoms with Crippen LogP contribution in [0.5, 0.6) is 0 Å². The maximum atomic E-state index is 10.2. The molecule has 0 aromatic heterocycles. The van der Waals surface area contributed by atoms with Crippen molar-refractivity contribution in [2.45, 2.75) is 39.0 Å². The first-order valence-corrected chi connectivity index (χ1v) is 7.11. The predicted octanol–water partition coefficient (Wildman–Crippen LogP) is 2.74. The van der Waals surface area contributed by atoms with Crippen molar-refractivity contribution in [2.75, 3.05) is 0 Å². The fourth-order valence-electron chi connectivity index (χ4n) is 1.54. The molecule has 1 rings (SSSR count). The molecule has 0 bridgehead atoms. The molecular formula is C13H19BrN2OS. The van der Waals surface area contributed by atoms with E-state index >= 15 is 0 Å². The molecule has 0 aliphatic rings. The molecule has 3 nitrogen and oxygen atoms in total. The maximum absolute atomic E-state index is 10.2. The van der Waals surface area contributed by atoms with E-state index in [9.17, 15) is 5.11 Å². The standard InChI is InChI=1S/C13H19BrN2OS/c1-8(2)15-13(18)16-9(3)12(17)10-4-6-11(14)7-5-10/h4-9,12,17H,1-3H3,(H2,15,16,18)/t9-,12-/m1/s1. The number of aliphatic hydroxyl groups excluding tert-OH is 1. The molecule has 0 fully saturated rings. The van der Waals surface area contributed by atoms with Gasteiger partial charge in [-0.2, -0.15) is 0 Å². The van der Waals surface area contributed by atoms with E-state index in [0.29, 0.717) is 5.11 Å². The third kappa shape index (κ3) is 4.92. The van der Waals surface area contributed by atoms with Crippen molar-refractivity contribution >= 4 is 33.3 Å². The van der Waals surface area contributed by atoms with Crippen LogP contribution >= 0.6 is 28.1 Å². The number of rotatable bonds is 4. The minimum Gasteiger partial charge on any atom is -0.386 e. The SMILES string of the molecule is CC(C)NC(=S)N[C@H](C)[C@@H](O)c1ccc(Br)cc1. The molecule has 100 valence electrons. The molecule has 0 aliphatic heterocycles. The molecule has 2 atom stereocenters. The van der Waals surface area contributed by atoms with Gasteiger partial charge < -0.3 is 15.7 Å². The minimum atomic E-state index is -0.593. The summed E-state index contributed by atoms with van der Waals surface area (Å²) in [6.07, 6.45) is -0.593. The highest BCUT2D eigenvalue weighted by Crippen LogP contribution is 2.19. The maximum Gasteiger partial charge on any atom is 0.166 e. The number of aliphatic hydroxyl groups is 1. The number of nitrogens with one attached hydrogen (secondary N) is 2.